The van der Waals surface area contributed by atoms with Gasteiger partial charge in [-0.05, 0) is 31.0 Å². The minimum absolute atomic E-state index is 0.0537. The number of nitrogens with zero attached hydrogens (tertiary/aromatic N) is 1. The summed E-state index contributed by atoms with van der Waals surface area (Å²) in [7, 11) is 0. The van der Waals surface area contributed by atoms with E-state index in [9.17, 15) is 14.0 Å². The Kier molecular flexibility index (Phi) is 3.49. The largest absolute Gasteiger partial charge is 0.389 e. The third-order valence-electron chi connectivity index (χ3n) is 4.31. The summed E-state index contributed by atoms with van der Waals surface area (Å²) in [4.78, 5) is 26.0. The normalized spacial score (nSPS) is 25.1. The zero-order valence-electron chi connectivity index (χ0n) is 11.3. The number of rotatable bonds is 2. The molecule has 2 N–H and O–H groups in total. The third kappa shape index (κ3) is 2.23. The van der Waals surface area contributed by atoms with Crippen LogP contribution < -0.4 is 10.6 Å². The molecule has 1 heterocycles. The molecule has 21 heavy (non-hydrogen) atoms. The lowest BCUT2D eigenvalue weighted by atomic mass is 9.81. The molecule has 6 heteroatoms. The molecule has 1 saturated heterocycles. The fourth-order valence-corrected chi connectivity index (χ4v) is 3.41. The molecule has 2 fully saturated rings. The van der Waals surface area contributed by atoms with Gasteiger partial charge < -0.3 is 5.73 Å². The van der Waals surface area contributed by atoms with E-state index in [2.05, 4.69) is 0 Å². The van der Waals surface area contributed by atoms with Gasteiger partial charge in [-0.3, -0.25) is 14.5 Å². The summed E-state index contributed by atoms with van der Waals surface area (Å²) in [6.07, 6.45) is 3.43. The van der Waals surface area contributed by atoms with Crippen molar-refractivity contribution in [3.63, 3.8) is 0 Å². The minimum Gasteiger partial charge on any atom is -0.389 e. The molecule has 1 saturated carbocycles. The number of nitrogens with two attached hydrogens (primary N) is 1. The van der Waals surface area contributed by atoms with Gasteiger partial charge in [0.05, 0.1) is 17.5 Å². The van der Waals surface area contributed by atoms with Crippen LogP contribution in [0.25, 0.3) is 0 Å². The number of hydrogen-bond acceptors (Lipinski definition) is 3. The van der Waals surface area contributed by atoms with E-state index in [-0.39, 0.29) is 34.2 Å². The quantitative estimate of drug-likeness (QED) is 0.671. The fraction of sp³-hybridized carbons (Fsp3) is 0.400. The predicted molar refractivity (Wildman–Crippen MR) is 80.2 cm³/mol. The van der Waals surface area contributed by atoms with Crippen molar-refractivity contribution in [2.45, 2.75) is 25.7 Å². The first-order valence-electron chi connectivity index (χ1n) is 6.98. The molecule has 1 aliphatic carbocycles. The van der Waals surface area contributed by atoms with Gasteiger partial charge in [0.1, 0.15) is 10.8 Å². The highest BCUT2D eigenvalue weighted by atomic mass is 32.1. The van der Waals surface area contributed by atoms with Crippen molar-refractivity contribution in [1.29, 1.82) is 0 Å². The van der Waals surface area contributed by atoms with Gasteiger partial charge >= 0.3 is 0 Å². The second-order valence-corrected chi connectivity index (χ2v) is 5.98. The standard InChI is InChI=1S/C15H15FN2O2S/c16-12-6-5-8(7-11(12)13(17)21)18-14(19)9-3-1-2-4-10(9)15(18)20/h5-7,9-10H,1-4H2,(H2,17,21). The number of imide groups is 1. The number of thiocarbonyl (C=S) groups is 1. The van der Waals surface area contributed by atoms with Crippen molar-refractivity contribution < 1.29 is 14.0 Å². The number of halogens is 1. The highest BCUT2D eigenvalue weighted by molar-refractivity contribution is 7.80. The van der Waals surface area contributed by atoms with Crippen molar-refractivity contribution in [2.24, 2.45) is 17.6 Å². The van der Waals surface area contributed by atoms with Crippen molar-refractivity contribution in [3.05, 3.63) is 29.6 Å². The highest BCUT2D eigenvalue weighted by Crippen LogP contribution is 2.40. The Hall–Kier alpha value is -1.82. The van der Waals surface area contributed by atoms with Gasteiger partial charge in [-0.15, -0.1) is 0 Å². The maximum Gasteiger partial charge on any atom is 0.237 e. The summed E-state index contributed by atoms with van der Waals surface area (Å²) in [6.45, 7) is 0. The lowest BCUT2D eigenvalue weighted by molar-refractivity contribution is -0.122. The van der Waals surface area contributed by atoms with Crippen LogP contribution >= 0.6 is 12.2 Å². The second-order valence-electron chi connectivity index (χ2n) is 5.54. The van der Waals surface area contributed by atoms with Crippen molar-refractivity contribution in [2.75, 3.05) is 4.90 Å². The zero-order valence-corrected chi connectivity index (χ0v) is 12.2. The van der Waals surface area contributed by atoms with Gasteiger partial charge in [0.15, 0.2) is 0 Å². The third-order valence-corrected chi connectivity index (χ3v) is 4.53. The Bertz CT molecular complexity index is 623. The molecule has 2 amide bonds. The molecule has 0 spiro atoms. The van der Waals surface area contributed by atoms with Crippen molar-refractivity contribution >= 4 is 34.7 Å². The number of benzene rings is 1. The summed E-state index contributed by atoms with van der Waals surface area (Å²) in [5.41, 5.74) is 5.88. The van der Waals surface area contributed by atoms with Crippen LogP contribution in [0, 0.1) is 17.7 Å². The van der Waals surface area contributed by atoms with Crippen molar-refractivity contribution in [1.82, 2.24) is 0 Å². The number of hydrogen-bond donors (Lipinski definition) is 1. The average molecular weight is 306 g/mol. The highest BCUT2D eigenvalue weighted by Gasteiger charge is 2.48. The van der Waals surface area contributed by atoms with Crippen LogP contribution in [0.1, 0.15) is 31.2 Å². The van der Waals surface area contributed by atoms with E-state index in [0.717, 1.165) is 25.7 Å². The van der Waals surface area contributed by atoms with E-state index in [1.165, 1.54) is 23.1 Å². The average Bonchev–Trinajstić information content (AvgIpc) is 2.72. The fourth-order valence-electron chi connectivity index (χ4n) is 3.26. The van der Waals surface area contributed by atoms with Gasteiger partial charge in [-0.2, -0.15) is 0 Å². The second kappa shape index (κ2) is 5.18. The Morgan fingerprint density at radius 3 is 2.29 bits per heavy atom. The lowest BCUT2D eigenvalue weighted by Gasteiger charge is -2.19. The Morgan fingerprint density at radius 2 is 1.76 bits per heavy atom. The lowest BCUT2D eigenvalue weighted by Crippen LogP contribution is -2.31. The Morgan fingerprint density at radius 1 is 1.19 bits per heavy atom. The van der Waals surface area contributed by atoms with E-state index in [1.807, 2.05) is 0 Å². The molecule has 1 aromatic rings. The first-order chi connectivity index (χ1) is 10.0. The van der Waals surface area contributed by atoms with E-state index >= 15 is 0 Å². The first-order valence-corrected chi connectivity index (χ1v) is 7.38. The number of amides is 2. The van der Waals surface area contributed by atoms with Gasteiger partial charge in [0.2, 0.25) is 11.8 Å². The van der Waals surface area contributed by atoms with E-state index in [1.54, 1.807) is 0 Å². The Balaban J connectivity index is 2.00. The van der Waals surface area contributed by atoms with E-state index < -0.39 is 5.82 Å². The van der Waals surface area contributed by atoms with Gasteiger partial charge in [0, 0.05) is 5.56 Å². The summed E-state index contributed by atoms with van der Waals surface area (Å²) in [5, 5.41) is 0. The number of carbonyl (C=O) groups excluding carboxylic acids is 2. The molecule has 2 aliphatic rings. The molecule has 1 aliphatic heterocycles. The SMILES string of the molecule is NC(=S)c1cc(N2C(=O)C3CCCCC3C2=O)ccc1F. The number of anilines is 1. The van der Waals surface area contributed by atoms with E-state index in [0.29, 0.717) is 5.69 Å². The topological polar surface area (TPSA) is 63.4 Å². The van der Waals surface area contributed by atoms with Crippen LogP contribution in [0.4, 0.5) is 10.1 Å². The van der Waals surface area contributed by atoms with Crippen LogP contribution in [-0.4, -0.2) is 16.8 Å². The smallest absolute Gasteiger partial charge is 0.237 e. The summed E-state index contributed by atoms with van der Waals surface area (Å²) < 4.78 is 13.6. The molecule has 4 nitrogen and oxygen atoms in total. The van der Waals surface area contributed by atoms with Crippen LogP contribution in [0.2, 0.25) is 0 Å². The summed E-state index contributed by atoms with van der Waals surface area (Å²) in [5.74, 6) is -1.40. The van der Waals surface area contributed by atoms with Gasteiger partial charge in [0.25, 0.3) is 0 Å². The Labute approximate surface area is 127 Å². The number of fused-ring (bicyclic) bond motifs is 1. The first kappa shape index (κ1) is 14.1. The molecule has 0 bridgehead atoms. The van der Waals surface area contributed by atoms with Crippen LogP contribution in [-0.2, 0) is 9.59 Å². The summed E-state index contributed by atoms with van der Waals surface area (Å²) in [6, 6.07) is 3.99. The molecule has 0 aromatic heterocycles. The molecular weight excluding hydrogens is 291 g/mol. The maximum absolute atomic E-state index is 13.6. The molecule has 2 unspecified atom stereocenters. The molecular formula is C15H15FN2O2S. The zero-order chi connectivity index (χ0) is 15.1. The van der Waals surface area contributed by atoms with Crippen LogP contribution in [0.3, 0.4) is 0 Å². The predicted octanol–water partition coefficient (Wildman–Crippen LogP) is 2.14. The molecule has 110 valence electrons. The molecule has 0 radical (unpaired) electrons. The molecule has 3 rings (SSSR count). The monoisotopic (exact) mass is 306 g/mol. The van der Waals surface area contributed by atoms with Crippen molar-refractivity contribution in [3.8, 4) is 0 Å². The molecule has 1 aromatic carbocycles. The van der Waals surface area contributed by atoms with Gasteiger partial charge in [-0.1, -0.05) is 25.1 Å². The van der Waals surface area contributed by atoms with Crippen LogP contribution in [0.15, 0.2) is 18.2 Å². The molecule has 2 atom stereocenters. The maximum atomic E-state index is 13.6. The van der Waals surface area contributed by atoms with E-state index in [4.69, 9.17) is 18.0 Å². The summed E-state index contributed by atoms with van der Waals surface area (Å²) >= 11 is 4.79. The number of carbonyl (C=O) groups is 2. The minimum atomic E-state index is -0.553. The van der Waals surface area contributed by atoms with Gasteiger partial charge in [-0.25, -0.2) is 4.39 Å². The van der Waals surface area contributed by atoms with Crippen LogP contribution in [0.5, 0.6) is 0 Å².